The molecule has 0 atom stereocenters. The van der Waals surface area contributed by atoms with Crippen molar-refractivity contribution >= 4 is 17.3 Å². The second kappa shape index (κ2) is 7.65. The van der Waals surface area contributed by atoms with Crippen LogP contribution in [0.5, 0.6) is 0 Å². The lowest BCUT2D eigenvalue weighted by atomic mass is 9.86. The van der Waals surface area contributed by atoms with Crippen LogP contribution in [0.1, 0.15) is 38.3 Å². The summed E-state index contributed by atoms with van der Waals surface area (Å²) in [7, 11) is 0. The van der Waals surface area contributed by atoms with Crippen molar-refractivity contribution in [3.8, 4) is 6.07 Å². The van der Waals surface area contributed by atoms with Crippen molar-refractivity contribution in [2.24, 2.45) is 0 Å². The molecule has 4 heteroatoms. The smallest absolute Gasteiger partial charge is 0.226 e. The average molecular weight is 321 g/mol. The molecule has 0 unspecified atom stereocenters. The SMILES string of the molecule is CC(C)(C)c1ccccc1NC(=O)CCNc1cccc(C#N)c1. The largest absolute Gasteiger partial charge is 0.384 e. The van der Waals surface area contributed by atoms with Crippen LogP contribution < -0.4 is 10.6 Å². The van der Waals surface area contributed by atoms with Gasteiger partial charge in [-0.15, -0.1) is 0 Å². The highest BCUT2D eigenvalue weighted by molar-refractivity contribution is 5.92. The van der Waals surface area contributed by atoms with Crippen LogP contribution in [0.4, 0.5) is 11.4 Å². The topological polar surface area (TPSA) is 64.9 Å². The predicted octanol–water partition coefficient (Wildman–Crippen LogP) is 4.30. The van der Waals surface area contributed by atoms with Crippen LogP contribution in [0.3, 0.4) is 0 Å². The number of amides is 1. The molecule has 0 radical (unpaired) electrons. The van der Waals surface area contributed by atoms with E-state index in [-0.39, 0.29) is 11.3 Å². The Hall–Kier alpha value is -2.80. The lowest BCUT2D eigenvalue weighted by Gasteiger charge is -2.23. The monoisotopic (exact) mass is 321 g/mol. The minimum atomic E-state index is -0.0318. The highest BCUT2D eigenvalue weighted by Gasteiger charge is 2.18. The molecule has 2 N–H and O–H groups in total. The van der Waals surface area contributed by atoms with Crippen LogP contribution in [0.25, 0.3) is 0 Å². The van der Waals surface area contributed by atoms with Gasteiger partial charge in [0.1, 0.15) is 0 Å². The fourth-order valence-corrected chi connectivity index (χ4v) is 2.48. The second-order valence-corrected chi connectivity index (χ2v) is 6.71. The van der Waals surface area contributed by atoms with Gasteiger partial charge in [0.25, 0.3) is 0 Å². The molecule has 0 aromatic heterocycles. The van der Waals surface area contributed by atoms with Crippen molar-refractivity contribution in [2.45, 2.75) is 32.6 Å². The lowest BCUT2D eigenvalue weighted by Crippen LogP contribution is -2.20. The van der Waals surface area contributed by atoms with Gasteiger partial charge in [-0.05, 0) is 35.2 Å². The van der Waals surface area contributed by atoms with Crippen molar-refractivity contribution in [1.29, 1.82) is 5.26 Å². The molecule has 0 saturated heterocycles. The molecule has 2 aromatic rings. The summed E-state index contributed by atoms with van der Waals surface area (Å²) in [5.74, 6) is -0.0318. The molecule has 2 aromatic carbocycles. The van der Waals surface area contributed by atoms with Crippen LogP contribution in [-0.2, 0) is 10.2 Å². The summed E-state index contributed by atoms with van der Waals surface area (Å²) < 4.78 is 0. The zero-order chi connectivity index (χ0) is 17.6. The molecular formula is C20H23N3O. The maximum absolute atomic E-state index is 12.2. The number of carbonyl (C=O) groups excluding carboxylic acids is 1. The third-order valence-corrected chi connectivity index (χ3v) is 3.68. The number of anilines is 2. The summed E-state index contributed by atoms with van der Waals surface area (Å²) in [6.07, 6.45) is 0.356. The molecule has 4 nitrogen and oxygen atoms in total. The number of nitriles is 1. The Bertz CT molecular complexity index is 754. The fourth-order valence-electron chi connectivity index (χ4n) is 2.48. The summed E-state index contributed by atoms with van der Waals surface area (Å²) in [6, 6.07) is 17.2. The Morgan fingerprint density at radius 2 is 1.88 bits per heavy atom. The summed E-state index contributed by atoms with van der Waals surface area (Å²) >= 11 is 0. The number of rotatable bonds is 5. The van der Waals surface area contributed by atoms with Gasteiger partial charge in [0.2, 0.25) is 5.91 Å². The van der Waals surface area contributed by atoms with Crippen LogP contribution >= 0.6 is 0 Å². The van der Waals surface area contributed by atoms with Gasteiger partial charge in [-0.1, -0.05) is 45.0 Å². The van der Waals surface area contributed by atoms with E-state index < -0.39 is 0 Å². The Labute approximate surface area is 143 Å². The average Bonchev–Trinajstić information content (AvgIpc) is 2.54. The first kappa shape index (κ1) is 17.6. The molecule has 24 heavy (non-hydrogen) atoms. The molecule has 0 aliphatic rings. The van der Waals surface area contributed by atoms with E-state index in [4.69, 9.17) is 5.26 Å². The van der Waals surface area contributed by atoms with Gasteiger partial charge < -0.3 is 10.6 Å². The van der Waals surface area contributed by atoms with E-state index in [0.717, 1.165) is 16.9 Å². The second-order valence-electron chi connectivity index (χ2n) is 6.71. The van der Waals surface area contributed by atoms with Gasteiger partial charge in [-0.2, -0.15) is 5.26 Å². The van der Waals surface area contributed by atoms with Crippen molar-refractivity contribution in [3.63, 3.8) is 0 Å². The number of hydrogen-bond donors (Lipinski definition) is 2. The first-order valence-corrected chi connectivity index (χ1v) is 8.03. The van der Waals surface area contributed by atoms with E-state index in [1.165, 1.54) is 0 Å². The molecule has 124 valence electrons. The summed E-state index contributed by atoms with van der Waals surface area (Å²) in [6.45, 7) is 6.89. The molecule has 0 saturated carbocycles. The summed E-state index contributed by atoms with van der Waals surface area (Å²) in [5, 5.41) is 15.1. The minimum Gasteiger partial charge on any atom is -0.384 e. The highest BCUT2D eigenvalue weighted by Crippen LogP contribution is 2.29. The zero-order valence-corrected chi connectivity index (χ0v) is 14.4. The number of carbonyl (C=O) groups is 1. The molecular weight excluding hydrogens is 298 g/mol. The van der Waals surface area contributed by atoms with Crippen LogP contribution in [0, 0.1) is 11.3 Å². The van der Waals surface area contributed by atoms with Crippen LogP contribution in [0.2, 0.25) is 0 Å². The lowest BCUT2D eigenvalue weighted by molar-refractivity contribution is -0.115. The quantitative estimate of drug-likeness (QED) is 0.863. The zero-order valence-electron chi connectivity index (χ0n) is 14.4. The van der Waals surface area contributed by atoms with Crippen molar-refractivity contribution in [1.82, 2.24) is 0 Å². The maximum Gasteiger partial charge on any atom is 0.226 e. The van der Waals surface area contributed by atoms with E-state index in [1.54, 1.807) is 12.1 Å². The predicted molar refractivity (Wildman–Crippen MR) is 98.0 cm³/mol. The number of hydrogen-bond acceptors (Lipinski definition) is 3. The van der Waals surface area contributed by atoms with Crippen molar-refractivity contribution in [3.05, 3.63) is 59.7 Å². The van der Waals surface area contributed by atoms with Crippen molar-refractivity contribution in [2.75, 3.05) is 17.2 Å². The molecule has 0 aliphatic carbocycles. The molecule has 0 fully saturated rings. The third kappa shape index (κ3) is 4.85. The first-order chi connectivity index (χ1) is 11.4. The Morgan fingerprint density at radius 3 is 2.58 bits per heavy atom. The van der Waals surface area contributed by atoms with Gasteiger partial charge >= 0.3 is 0 Å². The number of para-hydroxylation sites is 1. The molecule has 0 aliphatic heterocycles. The Kier molecular flexibility index (Phi) is 5.59. The molecule has 0 heterocycles. The molecule has 0 bridgehead atoms. The summed E-state index contributed by atoms with van der Waals surface area (Å²) in [4.78, 5) is 12.2. The van der Waals surface area contributed by atoms with E-state index >= 15 is 0 Å². The third-order valence-electron chi connectivity index (χ3n) is 3.68. The Balaban J connectivity index is 1.91. The standard InChI is InChI=1S/C20H23N3O/c1-20(2,3)17-9-4-5-10-18(17)23-19(24)11-12-22-16-8-6-7-15(13-16)14-21/h4-10,13,22H,11-12H2,1-3H3,(H,23,24). The fraction of sp³-hybridized carbons (Fsp3) is 0.300. The maximum atomic E-state index is 12.2. The normalized spacial score (nSPS) is 10.8. The molecule has 0 spiro atoms. The number of nitrogens with zero attached hydrogens (tertiary/aromatic N) is 1. The number of nitrogens with one attached hydrogen (secondary N) is 2. The van der Waals surface area contributed by atoms with Crippen LogP contribution in [0.15, 0.2) is 48.5 Å². The van der Waals surface area contributed by atoms with Gasteiger partial charge in [0, 0.05) is 24.3 Å². The van der Waals surface area contributed by atoms with E-state index in [0.29, 0.717) is 18.5 Å². The van der Waals surface area contributed by atoms with Gasteiger partial charge in [-0.3, -0.25) is 4.79 Å². The summed E-state index contributed by atoms with van der Waals surface area (Å²) in [5.41, 5.74) is 3.40. The van der Waals surface area contributed by atoms with Gasteiger partial charge in [-0.25, -0.2) is 0 Å². The van der Waals surface area contributed by atoms with E-state index in [9.17, 15) is 4.79 Å². The molecule has 1 amide bonds. The van der Waals surface area contributed by atoms with Gasteiger partial charge in [0.15, 0.2) is 0 Å². The van der Waals surface area contributed by atoms with Gasteiger partial charge in [0.05, 0.1) is 11.6 Å². The van der Waals surface area contributed by atoms with Crippen LogP contribution in [-0.4, -0.2) is 12.5 Å². The minimum absolute atomic E-state index is 0.0279. The molecule has 2 rings (SSSR count). The highest BCUT2D eigenvalue weighted by atomic mass is 16.1. The van der Waals surface area contributed by atoms with E-state index in [1.807, 2.05) is 36.4 Å². The Morgan fingerprint density at radius 1 is 1.12 bits per heavy atom. The number of benzene rings is 2. The van der Waals surface area contributed by atoms with Crippen molar-refractivity contribution < 1.29 is 4.79 Å². The first-order valence-electron chi connectivity index (χ1n) is 8.03. The van der Waals surface area contributed by atoms with E-state index in [2.05, 4.69) is 37.5 Å².